The maximum atomic E-state index is 11.5. The average molecular weight is 228 g/mol. The highest BCUT2D eigenvalue weighted by Gasteiger charge is 2.47. The Bertz CT molecular complexity index is 252. The fraction of sp³-hybridized carbons (Fsp3) is 0.923. The summed E-state index contributed by atoms with van der Waals surface area (Å²) < 4.78 is 0. The second kappa shape index (κ2) is 5.17. The van der Waals surface area contributed by atoms with E-state index in [1.807, 2.05) is 13.8 Å². The summed E-state index contributed by atoms with van der Waals surface area (Å²) >= 11 is 0. The molecular weight excluding hydrogens is 204 g/mol. The summed E-state index contributed by atoms with van der Waals surface area (Å²) in [7, 11) is 0. The molecular formula is C13H24O3. The molecule has 0 heterocycles. The molecule has 16 heavy (non-hydrogen) atoms. The van der Waals surface area contributed by atoms with Gasteiger partial charge in [0, 0.05) is 0 Å². The van der Waals surface area contributed by atoms with Crippen molar-refractivity contribution in [1.82, 2.24) is 0 Å². The van der Waals surface area contributed by atoms with Crippen molar-refractivity contribution in [1.29, 1.82) is 0 Å². The van der Waals surface area contributed by atoms with Crippen LogP contribution in [0.1, 0.15) is 52.9 Å². The summed E-state index contributed by atoms with van der Waals surface area (Å²) in [5, 5.41) is 19.1. The zero-order valence-corrected chi connectivity index (χ0v) is 10.6. The molecule has 0 aromatic rings. The lowest BCUT2D eigenvalue weighted by atomic mass is 9.66. The first-order chi connectivity index (χ1) is 7.42. The molecule has 2 N–H and O–H groups in total. The van der Waals surface area contributed by atoms with Crippen LogP contribution in [0.15, 0.2) is 0 Å². The fourth-order valence-corrected chi connectivity index (χ4v) is 3.02. The van der Waals surface area contributed by atoms with Crippen LogP contribution in [-0.4, -0.2) is 22.3 Å². The third-order valence-electron chi connectivity index (χ3n) is 4.46. The van der Waals surface area contributed by atoms with E-state index in [9.17, 15) is 15.0 Å². The summed E-state index contributed by atoms with van der Waals surface area (Å²) in [6.07, 6.45) is 3.91. The molecule has 1 aliphatic rings. The lowest BCUT2D eigenvalue weighted by Gasteiger charge is -2.37. The van der Waals surface area contributed by atoms with Crippen LogP contribution in [0.4, 0.5) is 0 Å². The number of aliphatic hydroxyl groups excluding tert-OH is 1. The molecule has 0 aliphatic heterocycles. The van der Waals surface area contributed by atoms with Crippen LogP contribution >= 0.6 is 0 Å². The van der Waals surface area contributed by atoms with E-state index in [1.54, 1.807) is 0 Å². The second-order valence-corrected chi connectivity index (χ2v) is 5.44. The van der Waals surface area contributed by atoms with Gasteiger partial charge in [-0.15, -0.1) is 0 Å². The molecule has 3 nitrogen and oxygen atoms in total. The van der Waals surface area contributed by atoms with E-state index in [0.29, 0.717) is 6.42 Å². The number of carbonyl (C=O) groups is 1. The average Bonchev–Trinajstić information content (AvgIpc) is 2.64. The smallest absolute Gasteiger partial charge is 0.309 e. The molecule has 4 atom stereocenters. The van der Waals surface area contributed by atoms with E-state index in [4.69, 9.17) is 0 Å². The van der Waals surface area contributed by atoms with Gasteiger partial charge in [-0.1, -0.05) is 20.3 Å². The standard InChI is InChI=1S/C13H24O3/c1-4-5-9(2)13(3,12(15)16)10-6-7-11(14)8-10/h9-11,14H,4-8H2,1-3H3,(H,15,16). The molecule has 0 bridgehead atoms. The molecule has 0 aromatic carbocycles. The van der Waals surface area contributed by atoms with Crippen molar-refractivity contribution in [2.24, 2.45) is 17.3 Å². The lowest BCUT2D eigenvalue weighted by molar-refractivity contribution is -0.155. The maximum absolute atomic E-state index is 11.5. The Morgan fingerprint density at radius 1 is 1.50 bits per heavy atom. The minimum atomic E-state index is -0.701. The van der Waals surface area contributed by atoms with Crippen molar-refractivity contribution < 1.29 is 15.0 Å². The summed E-state index contributed by atoms with van der Waals surface area (Å²) in [4.78, 5) is 11.5. The number of carboxylic acid groups (broad SMARTS) is 1. The number of hydrogen-bond donors (Lipinski definition) is 2. The maximum Gasteiger partial charge on any atom is 0.309 e. The van der Waals surface area contributed by atoms with Gasteiger partial charge in [0.1, 0.15) is 0 Å². The highest BCUT2D eigenvalue weighted by Crippen LogP contribution is 2.46. The van der Waals surface area contributed by atoms with Gasteiger partial charge in [0.05, 0.1) is 11.5 Å². The van der Waals surface area contributed by atoms with Crippen LogP contribution in [0.3, 0.4) is 0 Å². The van der Waals surface area contributed by atoms with Gasteiger partial charge in [-0.25, -0.2) is 0 Å². The highest BCUT2D eigenvalue weighted by molar-refractivity contribution is 5.75. The van der Waals surface area contributed by atoms with Gasteiger partial charge >= 0.3 is 5.97 Å². The predicted octanol–water partition coefficient (Wildman–Crippen LogP) is 2.67. The van der Waals surface area contributed by atoms with E-state index in [-0.39, 0.29) is 17.9 Å². The van der Waals surface area contributed by atoms with Crippen molar-refractivity contribution in [3.8, 4) is 0 Å². The summed E-state index contributed by atoms with van der Waals surface area (Å²) in [5.41, 5.74) is -0.673. The first-order valence-electron chi connectivity index (χ1n) is 6.34. The molecule has 0 radical (unpaired) electrons. The van der Waals surface area contributed by atoms with Crippen molar-refractivity contribution in [2.75, 3.05) is 0 Å². The third-order valence-corrected chi connectivity index (χ3v) is 4.46. The van der Waals surface area contributed by atoms with Gasteiger partial charge in [-0.05, 0) is 44.4 Å². The quantitative estimate of drug-likeness (QED) is 0.760. The lowest BCUT2D eigenvalue weighted by Crippen LogP contribution is -2.41. The van der Waals surface area contributed by atoms with Crippen molar-refractivity contribution in [3.63, 3.8) is 0 Å². The van der Waals surface area contributed by atoms with Crippen LogP contribution in [0.5, 0.6) is 0 Å². The van der Waals surface area contributed by atoms with Gasteiger partial charge < -0.3 is 10.2 Å². The van der Waals surface area contributed by atoms with E-state index in [0.717, 1.165) is 25.7 Å². The molecule has 1 aliphatic carbocycles. The fourth-order valence-electron chi connectivity index (χ4n) is 3.02. The molecule has 1 rings (SSSR count). The summed E-state index contributed by atoms with van der Waals surface area (Å²) in [5.74, 6) is -0.403. The third kappa shape index (κ3) is 2.40. The van der Waals surface area contributed by atoms with Gasteiger partial charge in [0.25, 0.3) is 0 Å². The van der Waals surface area contributed by atoms with E-state index in [1.165, 1.54) is 0 Å². The minimum Gasteiger partial charge on any atom is -0.481 e. The Balaban J connectivity index is 2.83. The predicted molar refractivity (Wildman–Crippen MR) is 63.2 cm³/mol. The number of rotatable bonds is 5. The Kier molecular flexibility index (Phi) is 4.36. The van der Waals surface area contributed by atoms with E-state index in [2.05, 4.69) is 6.92 Å². The highest BCUT2D eigenvalue weighted by atomic mass is 16.4. The van der Waals surface area contributed by atoms with Crippen LogP contribution < -0.4 is 0 Å². The van der Waals surface area contributed by atoms with Gasteiger partial charge in [-0.3, -0.25) is 4.79 Å². The Morgan fingerprint density at radius 3 is 2.50 bits per heavy atom. The molecule has 0 aromatic heterocycles. The van der Waals surface area contributed by atoms with E-state index >= 15 is 0 Å². The van der Waals surface area contributed by atoms with Gasteiger partial charge in [0.15, 0.2) is 0 Å². The molecule has 1 saturated carbocycles. The summed E-state index contributed by atoms with van der Waals surface area (Å²) in [6.45, 7) is 5.98. The van der Waals surface area contributed by atoms with Gasteiger partial charge in [0.2, 0.25) is 0 Å². The second-order valence-electron chi connectivity index (χ2n) is 5.44. The Labute approximate surface area is 97.9 Å². The zero-order chi connectivity index (χ0) is 12.3. The molecule has 4 unspecified atom stereocenters. The monoisotopic (exact) mass is 228 g/mol. The topological polar surface area (TPSA) is 57.5 Å². The first kappa shape index (κ1) is 13.5. The zero-order valence-electron chi connectivity index (χ0n) is 10.6. The molecule has 3 heteroatoms. The molecule has 0 spiro atoms. The van der Waals surface area contributed by atoms with Crippen LogP contribution in [-0.2, 0) is 4.79 Å². The minimum absolute atomic E-state index is 0.126. The van der Waals surface area contributed by atoms with E-state index < -0.39 is 11.4 Å². The van der Waals surface area contributed by atoms with Crippen LogP contribution in [0, 0.1) is 17.3 Å². The van der Waals surface area contributed by atoms with Crippen molar-refractivity contribution in [2.45, 2.75) is 59.0 Å². The molecule has 0 saturated heterocycles. The van der Waals surface area contributed by atoms with Gasteiger partial charge in [-0.2, -0.15) is 0 Å². The molecule has 1 fully saturated rings. The summed E-state index contributed by atoms with van der Waals surface area (Å²) in [6, 6.07) is 0. The molecule has 94 valence electrons. The Hall–Kier alpha value is -0.570. The largest absolute Gasteiger partial charge is 0.481 e. The number of aliphatic carboxylic acids is 1. The Morgan fingerprint density at radius 2 is 2.12 bits per heavy atom. The number of carboxylic acids is 1. The molecule has 0 amide bonds. The number of hydrogen-bond acceptors (Lipinski definition) is 2. The van der Waals surface area contributed by atoms with Crippen LogP contribution in [0.2, 0.25) is 0 Å². The van der Waals surface area contributed by atoms with Crippen molar-refractivity contribution in [3.05, 3.63) is 0 Å². The first-order valence-corrected chi connectivity index (χ1v) is 6.34. The normalized spacial score (nSPS) is 31.0. The van der Waals surface area contributed by atoms with Crippen molar-refractivity contribution >= 4 is 5.97 Å². The van der Waals surface area contributed by atoms with Crippen LogP contribution in [0.25, 0.3) is 0 Å². The SMILES string of the molecule is CCCC(C)C(C)(C(=O)O)C1CCC(O)C1. The number of aliphatic hydroxyl groups is 1.